The maximum absolute atomic E-state index is 12.1. The minimum absolute atomic E-state index is 0.134. The zero-order valence-corrected chi connectivity index (χ0v) is 16.7. The predicted octanol–water partition coefficient (Wildman–Crippen LogP) is 3.26. The molecule has 2 amide bonds. The Hall–Kier alpha value is -3.13. The second-order valence-electron chi connectivity index (χ2n) is 6.30. The van der Waals surface area contributed by atoms with Crippen LogP contribution in [-0.2, 0) is 4.79 Å². The average molecular weight is 420 g/mol. The molecule has 0 heterocycles. The lowest BCUT2D eigenvalue weighted by Crippen LogP contribution is -2.37. The molecule has 0 fully saturated rings. The van der Waals surface area contributed by atoms with Crippen molar-refractivity contribution in [1.29, 1.82) is 0 Å². The van der Waals surface area contributed by atoms with Gasteiger partial charge >= 0.3 is 0 Å². The first-order valence-electron chi connectivity index (χ1n) is 9.05. The van der Waals surface area contributed by atoms with Gasteiger partial charge in [-0.3, -0.25) is 19.7 Å². The molecule has 0 aliphatic heterocycles. The minimum Gasteiger partial charge on any atom is -0.494 e. The van der Waals surface area contributed by atoms with Crippen molar-refractivity contribution in [3.63, 3.8) is 0 Å². The first-order valence-corrected chi connectivity index (χ1v) is 9.43. The summed E-state index contributed by atoms with van der Waals surface area (Å²) in [5.74, 6) is -0.143. The molecule has 29 heavy (non-hydrogen) atoms. The lowest BCUT2D eigenvalue weighted by Gasteiger charge is -2.08. The van der Waals surface area contributed by atoms with Crippen LogP contribution in [0.1, 0.15) is 28.8 Å². The number of nitrogens with zero attached hydrogens (tertiary/aromatic N) is 1. The smallest absolute Gasteiger partial charge is 0.273 e. The number of ether oxygens (including phenoxy) is 1. The number of halogens is 1. The van der Waals surface area contributed by atoms with Crippen molar-refractivity contribution < 1.29 is 19.2 Å². The summed E-state index contributed by atoms with van der Waals surface area (Å²) in [6.07, 6.45) is 1.47. The van der Waals surface area contributed by atoms with Crippen LogP contribution in [0.4, 0.5) is 5.69 Å². The van der Waals surface area contributed by atoms with Crippen molar-refractivity contribution in [2.45, 2.75) is 19.8 Å². The highest BCUT2D eigenvalue weighted by Crippen LogP contribution is 2.19. The van der Waals surface area contributed by atoms with Crippen LogP contribution in [0.5, 0.6) is 5.75 Å². The fourth-order valence-corrected chi connectivity index (χ4v) is 2.57. The monoisotopic (exact) mass is 419 g/mol. The largest absolute Gasteiger partial charge is 0.494 e. The van der Waals surface area contributed by atoms with E-state index in [0.717, 1.165) is 18.6 Å². The Morgan fingerprint density at radius 3 is 2.52 bits per heavy atom. The molecule has 0 spiro atoms. The second kappa shape index (κ2) is 11.0. The minimum atomic E-state index is -0.546. The van der Waals surface area contributed by atoms with E-state index in [1.54, 1.807) is 31.2 Å². The van der Waals surface area contributed by atoms with Crippen LogP contribution in [0, 0.1) is 17.0 Å². The number of unbranched alkanes of at least 4 members (excludes halogenated alkanes) is 1. The maximum Gasteiger partial charge on any atom is 0.273 e. The molecule has 2 aromatic rings. The number of nitro groups is 1. The fraction of sp³-hybridized carbons (Fsp3) is 0.300. The topological polar surface area (TPSA) is 111 Å². The first-order chi connectivity index (χ1) is 13.9. The Bertz CT molecular complexity index is 871. The fourth-order valence-electron chi connectivity index (χ4n) is 2.45. The van der Waals surface area contributed by atoms with E-state index in [0.29, 0.717) is 23.7 Å². The molecule has 0 bridgehead atoms. The number of aryl methyl sites for hydroxylation is 1. The molecule has 8 nitrogen and oxygen atoms in total. The van der Waals surface area contributed by atoms with Gasteiger partial charge in [-0.05, 0) is 50.1 Å². The summed E-state index contributed by atoms with van der Waals surface area (Å²) in [5.41, 5.74) is 0.460. The van der Waals surface area contributed by atoms with Gasteiger partial charge in [-0.1, -0.05) is 17.7 Å². The van der Waals surface area contributed by atoms with E-state index in [1.807, 2.05) is 0 Å². The van der Waals surface area contributed by atoms with E-state index in [1.165, 1.54) is 18.2 Å². The van der Waals surface area contributed by atoms with Gasteiger partial charge in [0.05, 0.1) is 18.1 Å². The molecule has 0 atom stereocenters. The lowest BCUT2D eigenvalue weighted by molar-refractivity contribution is -0.385. The molecule has 0 saturated heterocycles. The third kappa shape index (κ3) is 7.42. The number of amides is 2. The van der Waals surface area contributed by atoms with Crippen LogP contribution in [0.2, 0.25) is 5.02 Å². The number of nitrogens with one attached hydrogen (secondary N) is 2. The van der Waals surface area contributed by atoms with Crippen molar-refractivity contribution in [2.75, 3.05) is 19.7 Å². The average Bonchev–Trinajstić information content (AvgIpc) is 2.70. The number of rotatable bonds is 10. The predicted molar refractivity (Wildman–Crippen MR) is 109 cm³/mol. The Labute approximate surface area is 173 Å². The summed E-state index contributed by atoms with van der Waals surface area (Å²) in [5, 5.41) is 16.7. The van der Waals surface area contributed by atoms with Crippen LogP contribution in [-0.4, -0.2) is 36.4 Å². The zero-order chi connectivity index (χ0) is 21.2. The van der Waals surface area contributed by atoms with E-state index in [9.17, 15) is 19.7 Å². The molecule has 154 valence electrons. The van der Waals surface area contributed by atoms with E-state index in [-0.39, 0.29) is 23.7 Å². The molecular formula is C20H22ClN3O5. The van der Waals surface area contributed by atoms with Crippen LogP contribution < -0.4 is 15.4 Å². The third-order valence-corrected chi connectivity index (χ3v) is 4.31. The van der Waals surface area contributed by atoms with Gasteiger partial charge in [0.2, 0.25) is 5.91 Å². The highest BCUT2D eigenvalue weighted by atomic mass is 35.5. The van der Waals surface area contributed by atoms with Gasteiger partial charge in [0, 0.05) is 28.8 Å². The van der Waals surface area contributed by atoms with Gasteiger partial charge in [0.25, 0.3) is 11.6 Å². The van der Waals surface area contributed by atoms with Crippen molar-refractivity contribution >= 4 is 29.1 Å². The van der Waals surface area contributed by atoms with Crippen LogP contribution in [0.25, 0.3) is 0 Å². The molecule has 0 aliphatic rings. The van der Waals surface area contributed by atoms with Crippen LogP contribution in [0.3, 0.4) is 0 Å². The van der Waals surface area contributed by atoms with Crippen LogP contribution >= 0.6 is 11.6 Å². The van der Waals surface area contributed by atoms with Crippen molar-refractivity contribution in [2.24, 2.45) is 0 Å². The molecule has 0 saturated carbocycles. The molecule has 0 aliphatic carbocycles. The van der Waals surface area contributed by atoms with Crippen molar-refractivity contribution in [1.82, 2.24) is 10.6 Å². The Morgan fingerprint density at radius 2 is 1.83 bits per heavy atom. The van der Waals surface area contributed by atoms with Gasteiger partial charge in [-0.25, -0.2) is 0 Å². The molecule has 2 aromatic carbocycles. The third-order valence-electron chi connectivity index (χ3n) is 4.05. The Morgan fingerprint density at radius 1 is 1.10 bits per heavy atom. The maximum atomic E-state index is 12.1. The SMILES string of the molecule is Cc1ccc(C(=O)NCC(=O)NCCCCOc2ccc(Cl)cc2)cc1[N+](=O)[O-]. The van der Waals surface area contributed by atoms with Gasteiger partial charge in [0.15, 0.2) is 0 Å². The number of benzene rings is 2. The van der Waals surface area contributed by atoms with E-state index >= 15 is 0 Å². The molecule has 2 N–H and O–H groups in total. The zero-order valence-electron chi connectivity index (χ0n) is 15.9. The second-order valence-corrected chi connectivity index (χ2v) is 6.74. The molecule has 0 aromatic heterocycles. The number of carbonyl (C=O) groups excluding carboxylic acids is 2. The Kier molecular flexibility index (Phi) is 8.42. The molecule has 0 unspecified atom stereocenters. The van der Waals surface area contributed by atoms with Gasteiger partial charge in [-0.2, -0.15) is 0 Å². The number of hydrogen-bond donors (Lipinski definition) is 2. The molecular weight excluding hydrogens is 398 g/mol. The highest BCUT2D eigenvalue weighted by molar-refractivity contribution is 6.30. The summed E-state index contributed by atoms with van der Waals surface area (Å²) < 4.78 is 5.55. The summed E-state index contributed by atoms with van der Waals surface area (Å²) in [6, 6.07) is 11.3. The van der Waals surface area contributed by atoms with Gasteiger partial charge in [0.1, 0.15) is 5.75 Å². The van der Waals surface area contributed by atoms with E-state index < -0.39 is 10.8 Å². The quantitative estimate of drug-likeness (QED) is 0.349. The van der Waals surface area contributed by atoms with E-state index in [4.69, 9.17) is 16.3 Å². The van der Waals surface area contributed by atoms with Gasteiger partial charge < -0.3 is 15.4 Å². The van der Waals surface area contributed by atoms with E-state index in [2.05, 4.69) is 10.6 Å². The molecule has 9 heteroatoms. The standard InChI is InChI=1S/C20H22ClN3O5/c1-14-4-5-15(12-18(14)24(27)28)20(26)23-13-19(25)22-10-2-3-11-29-17-8-6-16(21)7-9-17/h4-9,12H,2-3,10-11,13H2,1H3,(H,22,25)(H,23,26). The number of hydrogen-bond acceptors (Lipinski definition) is 5. The van der Waals surface area contributed by atoms with Crippen molar-refractivity contribution in [3.05, 3.63) is 68.7 Å². The highest BCUT2D eigenvalue weighted by Gasteiger charge is 2.15. The molecule has 0 radical (unpaired) electrons. The normalized spacial score (nSPS) is 10.3. The number of nitro benzene ring substituents is 1. The summed E-state index contributed by atoms with van der Waals surface area (Å²) >= 11 is 5.80. The Balaban J connectivity index is 1.63. The lowest BCUT2D eigenvalue weighted by atomic mass is 10.1. The number of carbonyl (C=O) groups is 2. The van der Waals surface area contributed by atoms with Gasteiger partial charge in [-0.15, -0.1) is 0 Å². The molecule has 2 rings (SSSR count). The summed E-state index contributed by atoms with van der Waals surface area (Å²) in [6.45, 7) is 2.35. The first kappa shape index (κ1) is 22.2. The summed E-state index contributed by atoms with van der Waals surface area (Å²) in [4.78, 5) is 34.3. The van der Waals surface area contributed by atoms with Crippen molar-refractivity contribution in [3.8, 4) is 5.75 Å². The summed E-state index contributed by atoms with van der Waals surface area (Å²) in [7, 11) is 0. The van der Waals surface area contributed by atoms with Crippen LogP contribution in [0.15, 0.2) is 42.5 Å².